The molecule has 0 bridgehead atoms. The molecule has 0 fully saturated rings. The van der Waals surface area contributed by atoms with Crippen LogP contribution in [0.25, 0.3) is 0 Å². The summed E-state index contributed by atoms with van der Waals surface area (Å²) in [7, 11) is 0. The van der Waals surface area contributed by atoms with Gasteiger partial charge in [0.15, 0.2) is 0 Å². The first kappa shape index (κ1) is 12.6. The number of amides is 1. The molecule has 4 heteroatoms. The van der Waals surface area contributed by atoms with E-state index in [1.54, 1.807) is 0 Å². The first-order chi connectivity index (χ1) is 7.49. The number of halogens is 2. The molecule has 0 aliphatic heterocycles. The number of hydrogen-bond donors (Lipinski definition) is 1. The molecule has 1 aromatic rings. The van der Waals surface area contributed by atoms with Gasteiger partial charge in [-0.25, -0.2) is 8.78 Å². The minimum absolute atomic E-state index is 0.0949. The topological polar surface area (TPSA) is 29.1 Å². The summed E-state index contributed by atoms with van der Waals surface area (Å²) in [5.74, 6) is -1.11. The molecule has 0 heterocycles. The highest BCUT2D eigenvalue weighted by Crippen LogP contribution is 2.09. The molecule has 0 saturated carbocycles. The van der Waals surface area contributed by atoms with Gasteiger partial charge >= 0.3 is 0 Å². The van der Waals surface area contributed by atoms with E-state index < -0.39 is 11.6 Å². The van der Waals surface area contributed by atoms with Crippen molar-refractivity contribution in [2.45, 2.75) is 26.8 Å². The second-order valence-corrected chi connectivity index (χ2v) is 4.11. The summed E-state index contributed by atoms with van der Waals surface area (Å²) in [6.07, 6.45) is 0.406. The molecule has 2 nitrogen and oxygen atoms in total. The highest BCUT2D eigenvalue weighted by molar-refractivity contribution is 5.76. The molecule has 1 amide bonds. The molecule has 0 aliphatic carbocycles. The molecule has 1 rings (SSSR count). The lowest BCUT2D eigenvalue weighted by Gasteiger charge is -2.07. The molecule has 0 unspecified atom stereocenters. The van der Waals surface area contributed by atoms with Crippen LogP contribution in [0, 0.1) is 17.6 Å². The van der Waals surface area contributed by atoms with Crippen molar-refractivity contribution in [3.63, 3.8) is 0 Å². The van der Waals surface area contributed by atoms with Crippen LogP contribution >= 0.6 is 0 Å². The minimum Gasteiger partial charge on any atom is -0.352 e. The summed E-state index contributed by atoms with van der Waals surface area (Å²) in [6.45, 7) is 3.95. The zero-order chi connectivity index (χ0) is 12.1. The van der Waals surface area contributed by atoms with E-state index in [-0.39, 0.29) is 18.4 Å². The fourth-order valence-corrected chi connectivity index (χ4v) is 1.30. The quantitative estimate of drug-likeness (QED) is 0.841. The van der Waals surface area contributed by atoms with Crippen molar-refractivity contribution < 1.29 is 13.6 Å². The highest BCUT2D eigenvalue weighted by atomic mass is 19.1. The van der Waals surface area contributed by atoms with E-state index in [9.17, 15) is 13.6 Å². The maximum atomic E-state index is 13.2. The second kappa shape index (κ2) is 5.58. The molecule has 0 aliphatic rings. The number of nitrogens with one attached hydrogen (secondary N) is 1. The average molecular weight is 227 g/mol. The van der Waals surface area contributed by atoms with Crippen LogP contribution < -0.4 is 5.32 Å². The van der Waals surface area contributed by atoms with Gasteiger partial charge in [0.2, 0.25) is 5.91 Å². The van der Waals surface area contributed by atoms with Crippen molar-refractivity contribution in [3.8, 4) is 0 Å². The minimum atomic E-state index is -0.634. The zero-order valence-corrected chi connectivity index (χ0v) is 9.39. The first-order valence-electron chi connectivity index (χ1n) is 5.19. The van der Waals surface area contributed by atoms with E-state index in [2.05, 4.69) is 5.32 Å². The number of benzene rings is 1. The van der Waals surface area contributed by atoms with Crippen LogP contribution in [0.2, 0.25) is 0 Å². The fraction of sp³-hybridized carbons (Fsp3) is 0.417. The van der Waals surface area contributed by atoms with Gasteiger partial charge < -0.3 is 5.32 Å². The Morgan fingerprint density at radius 1 is 1.38 bits per heavy atom. The standard InChI is InChI=1S/C12H15F2NO/c1-8(2)5-12(16)15-7-9-3-4-10(13)6-11(9)14/h3-4,6,8H,5,7H2,1-2H3,(H,15,16). The second-order valence-electron chi connectivity index (χ2n) is 4.11. The Hall–Kier alpha value is -1.45. The van der Waals surface area contributed by atoms with Crippen LogP contribution in [0.4, 0.5) is 8.78 Å². The summed E-state index contributed by atoms with van der Waals surface area (Å²) in [6, 6.07) is 3.32. The highest BCUT2D eigenvalue weighted by Gasteiger charge is 2.07. The summed E-state index contributed by atoms with van der Waals surface area (Å²) in [5, 5.41) is 2.59. The van der Waals surface area contributed by atoms with Crippen LogP contribution in [-0.4, -0.2) is 5.91 Å². The van der Waals surface area contributed by atoms with Crippen molar-refractivity contribution >= 4 is 5.91 Å². The van der Waals surface area contributed by atoms with E-state index in [0.717, 1.165) is 6.07 Å². The van der Waals surface area contributed by atoms with Gasteiger partial charge in [0.1, 0.15) is 11.6 Å². The Bertz CT molecular complexity index is 377. The Labute approximate surface area is 93.7 Å². The Morgan fingerprint density at radius 3 is 2.62 bits per heavy atom. The monoisotopic (exact) mass is 227 g/mol. The van der Waals surface area contributed by atoms with Crippen LogP contribution in [0.1, 0.15) is 25.8 Å². The van der Waals surface area contributed by atoms with Crippen molar-refractivity contribution in [1.29, 1.82) is 0 Å². The van der Waals surface area contributed by atoms with Gasteiger partial charge in [0.25, 0.3) is 0 Å². The van der Waals surface area contributed by atoms with E-state index in [1.807, 2.05) is 13.8 Å². The van der Waals surface area contributed by atoms with Crippen LogP contribution in [0.5, 0.6) is 0 Å². The third-order valence-corrected chi connectivity index (χ3v) is 2.08. The number of carbonyl (C=O) groups excluding carboxylic acids is 1. The molecule has 0 radical (unpaired) electrons. The molecule has 0 spiro atoms. The molecule has 88 valence electrons. The van der Waals surface area contributed by atoms with Gasteiger partial charge in [-0.05, 0) is 12.0 Å². The van der Waals surface area contributed by atoms with Crippen molar-refractivity contribution in [1.82, 2.24) is 5.32 Å². The molecule has 0 saturated heterocycles. The molecular weight excluding hydrogens is 212 g/mol. The van der Waals surface area contributed by atoms with Gasteiger partial charge in [-0.15, -0.1) is 0 Å². The maximum Gasteiger partial charge on any atom is 0.220 e. The van der Waals surface area contributed by atoms with E-state index in [1.165, 1.54) is 12.1 Å². The molecule has 0 atom stereocenters. The SMILES string of the molecule is CC(C)CC(=O)NCc1ccc(F)cc1F. The lowest BCUT2D eigenvalue weighted by atomic mass is 10.1. The predicted octanol–water partition coefficient (Wildman–Crippen LogP) is 2.63. The summed E-state index contributed by atoms with van der Waals surface area (Å²) in [4.78, 5) is 11.3. The summed E-state index contributed by atoms with van der Waals surface area (Å²) in [5.41, 5.74) is 0.290. The van der Waals surface area contributed by atoms with Crippen molar-refractivity contribution in [2.75, 3.05) is 0 Å². The summed E-state index contributed by atoms with van der Waals surface area (Å²) < 4.78 is 25.8. The van der Waals surface area contributed by atoms with E-state index >= 15 is 0 Å². The molecule has 0 aromatic heterocycles. The Kier molecular flexibility index (Phi) is 4.40. The lowest BCUT2D eigenvalue weighted by Crippen LogP contribution is -2.24. The van der Waals surface area contributed by atoms with Gasteiger partial charge in [0.05, 0.1) is 0 Å². The molecule has 1 aromatic carbocycles. The Balaban J connectivity index is 2.51. The largest absolute Gasteiger partial charge is 0.352 e. The number of rotatable bonds is 4. The third kappa shape index (κ3) is 3.96. The van der Waals surface area contributed by atoms with Crippen molar-refractivity contribution in [3.05, 3.63) is 35.4 Å². The van der Waals surface area contributed by atoms with Gasteiger partial charge in [0, 0.05) is 24.6 Å². The third-order valence-electron chi connectivity index (χ3n) is 2.08. The van der Waals surface area contributed by atoms with Gasteiger partial charge in [-0.2, -0.15) is 0 Å². The van der Waals surface area contributed by atoms with Crippen LogP contribution in [0.3, 0.4) is 0 Å². The molecular formula is C12H15F2NO. The van der Waals surface area contributed by atoms with Crippen LogP contribution in [-0.2, 0) is 11.3 Å². The van der Waals surface area contributed by atoms with E-state index in [0.29, 0.717) is 12.0 Å². The van der Waals surface area contributed by atoms with Gasteiger partial charge in [-0.3, -0.25) is 4.79 Å². The van der Waals surface area contributed by atoms with Crippen LogP contribution in [0.15, 0.2) is 18.2 Å². The predicted molar refractivity (Wildman–Crippen MR) is 57.7 cm³/mol. The smallest absolute Gasteiger partial charge is 0.220 e. The maximum absolute atomic E-state index is 13.2. The lowest BCUT2D eigenvalue weighted by molar-refractivity contribution is -0.121. The van der Waals surface area contributed by atoms with Gasteiger partial charge in [-0.1, -0.05) is 19.9 Å². The molecule has 16 heavy (non-hydrogen) atoms. The van der Waals surface area contributed by atoms with Crippen molar-refractivity contribution in [2.24, 2.45) is 5.92 Å². The number of hydrogen-bond acceptors (Lipinski definition) is 1. The number of carbonyl (C=O) groups is 1. The normalized spacial score (nSPS) is 10.6. The first-order valence-corrected chi connectivity index (χ1v) is 5.19. The molecule has 1 N–H and O–H groups in total. The zero-order valence-electron chi connectivity index (χ0n) is 9.39. The Morgan fingerprint density at radius 2 is 2.06 bits per heavy atom. The fourth-order valence-electron chi connectivity index (χ4n) is 1.30. The average Bonchev–Trinajstić information content (AvgIpc) is 2.15. The summed E-state index contributed by atoms with van der Waals surface area (Å²) >= 11 is 0. The van der Waals surface area contributed by atoms with E-state index in [4.69, 9.17) is 0 Å².